The second-order valence-electron chi connectivity index (χ2n) is 1.46. The van der Waals surface area contributed by atoms with E-state index in [1.807, 2.05) is 0 Å². The quantitative estimate of drug-likeness (QED) is 0.387. The van der Waals surface area contributed by atoms with E-state index in [2.05, 4.69) is 5.29 Å². The molecular formula is C3H10N4O2. The van der Waals surface area contributed by atoms with Crippen molar-refractivity contribution in [2.75, 3.05) is 20.1 Å². The number of hydrogen-bond donors (Lipinski definition) is 2. The lowest BCUT2D eigenvalue weighted by molar-refractivity contribution is -0.226. The SMILES string of the molecule is CN(O)N(CCN)N=O. The largest absolute Gasteiger partial charge is 0.329 e. The first kappa shape index (κ1) is 8.28. The minimum absolute atomic E-state index is 0.219. The highest BCUT2D eigenvalue weighted by molar-refractivity contribution is 4.40. The van der Waals surface area contributed by atoms with Crippen molar-refractivity contribution in [2.24, 2.45) is 11.0 Å². The van der Waals surface area contributed by atoms with E-state index in [1.54, 1.807) is 0 Å². The van der Waals surface area contributed by atoms with Gasteiger partial charge in [0.05, 0.1) is 11.8 Å². The Morgan fingerprint density at radius 2 is 2.33 bits per heavy atom. The lowest BCUT2D eigenvalue weighted by Gasteiger charge is -2.18. The van der Waals surface area contributed by atoms with Crippen LogP contribution in [0.15, 0.2) is 5.29 Å². The Bertz CT molecular complexity index is 85.9. The van der Waals surface area contributed by atoms with Crippen LogP contribution in [0, 0.1) is 4.91 Å². The van der Waals surface area contributed by atoms with E-state index in [0.29, 0.717) is 5.17 Å². The summed E-state index contributed by atoms with van der Waals surface area (Å²) < 4.78 is 0. The number of nitrogens with two attached hydrogens (primary N) is 1. The van der Waals surface area contributed by atoms with Crippen LogP contribution in [0.3, 0.4) is 0 Å². The molecule has 0 atom stereocenters. The van der Waals surface area contributed by atoms with Crippen molar-refractivity contribution in [3.05, 3.63) is 4.91 Å². The van der Waals surface area contributed by atoms with Crippen molar-refractivity contribution in [3.63, 3.8) is 0 Å². The second kappa shape index (κ2) is 4.19. The van der Waals surface area contributed by atoms with Gasteiger partial charge in [-0.15, -0.1) is 4.91 Å². The Labute approximate surface area is 52.7 Å². The van der Waals surface area contributed by atoms with Crippen molar-refractivity contribution in [2.45, 2.75) is 0 Å². The van der Waals surface area contributed by atoms with Crippen LogP contribution in [0.2, 0.25) is 0 Å². The summed E-state index contributed by atoms with van der Waals surface area (Å²) in [6, 6.07) is 0. The predicted octanol–water partition coefficient (Wildman–Crippen LogP) is -0.835. The Balaban J connectivity index is 3.54. The molecular weight excluding hydrogens is 124 g/mol. The van der Waals surface area contributed by atoms with Gasteiger partial charge in [-0.2, -0.15) is 5.12 Å². The molecule has 0 heterocycles. The van der Waals surface area contributed by atoms with Crippen LogP contribution in [-0.2, 0) is 0 Å². The third-order valence-corrected chi connectivity index (χ3v) is 0.757. The Morgan fingerprint density at radius 1 is 1.78 bits per heavy atom. The van der Waals surface area contributed by atoms with Crippen molar-refractivity contribution in [3.8, 4) is 0 Å². The molecule has 0 aliphatic carbocycles. The van der Waals surface area contributed by atoms with Gasteiger partial charge in [0.25, 0.3) is 0 Å². The molecule has 0 bridgehead atoms. The van der Waals surface area contributed by atoms with Crippen LogP contribution in [0.25, 0.3) is 0 Å². The first-order valence-corrected chi connectivity index (χ1v) is 2.45. The molecule has 0 saturated heterocycles. The molecule has 0 unspecified atom stereocenters. The van der Waals surface area contributed by atoms with E-state index >= 15 is 0 Å². The molecule has 0 amide bonds. The highest BCUT2D eigenvalue weighted by atomic mass is 16.6. The Kier molecular flexibility index (Phi) is 3.85. The zero-order valence-corrected chi connectivity index (χ0v) is 5.19. The zero-order valence-electron chi connectivity index (χ0n) is 5.19. The van der Waals surface area contributed by atoms with Gasteiger partial charge in [0.15, 0.2) is 0 Å². The summed E-state index contributed by atoms with van der Waals surface area (Å²) in [5.41, 5.74) is 5.06. The standard InChI is InChI=1S/C3H10N4O2/c1-6(9)7(5-8)3-2-4/h9H,2-4H2,1H3. The van der Waals surface area contributed by atoms with Gasteiger partial charge in [-0.05, 0) is 0 Å². The fourth-order valence-corrected chi connectivity index (χ4v) is 0.354. The molecule has 0 aromatic carbocycles. The van der Waals surface area contributed by atoms with E-state index in [0.717, 1.165) is 5.12 Å². The molecule has 0 aliphatic heterocycles. The summed E-state index contributed by atoms with van der Waals surface area (Å²) in [4.78, 5) is 9.76. The van der Waals surface area contributed by atoms with E-state index in [-0.39, 0.29) is 13.1 Å². The minimum Gasteiger partial charge on any atom is -0.329 e. The summed E-state index contributed by atoms with van der Waals surface area (Å²) >= 11 is 0. The van der Waals surface area contributed by atoms with Crippen molar-refractivity contribution >= 4 is 0 Å². The molecule has 6 heteroatoms. The van der Waals surface area contributed by atoms with Gasteiger partial charge in [0, 0.05) is 13.6 Å². The van der Waals surface area contributed by atoms with E-state index in [4.69, 9.17) is 10.9 Å². The average molecular weight is 134 g/mol. The van der Waals surface area contributed by atoms with Crippen LogP contribution in [0.4, 0.5) is 0 Å². The third kappa shape index (κ3) is 2.96. The molecule has 0 fully saturated rings. The maximum absolute atomic E-state index is 9.76. The summed E-state index contributed by atoms with van der Waals surface area (Å²) in [6.07, 6.45) is 0. The number of nitroso groups, excluding NO2 is 1. The average Bonchev–Trinajstić information content (AvgIpc) is 1.82. The molecule has 0 saturated carbocycles. The third-order valence-electron chi connectivity index (χ3n) is 0.757. The predicted molar refractivity (Wildman–Crippen MR) is 31.1 cm³/mol. The molecule has 0 radical (unpaired) electrons. The summed E-state index contributed by atoms with van der Waals surface area (Å²) in [5, 5.41) is 12.4. The molecule has 3 N–H and O–H groups in total. The highest BCUT2D eigenvalue weighted by Crippen LogP contribution is 1.87. The summed E-state index contributed by atoms with van der Waals surface area (Å²) in [5.74, 6) is 0. The van der Waals surface area contributed by atoms with Crippen LogP contribution in [-0.4, -0.2) is 35.6 Å². The molecule has 0 spiro atoms. The van der Waals surface area contributed by atoms with Gasteiger partial charge in [-0.3, -0.25) is 5.21 Å². The van der Waals surface area contributed by atoms with Crippen LogP contribution >= 0.6 is 0 Å². The van der Waals surface area contributed by atoms with Gasteiger partial charge >= 0.3 is 0 Å². The normalized spacial score (nSPS) is 9.78. The number of hydrogen-bond acceptors (Lipinski definition) is 5. The number of hydroxylamine groups is 1. The van der Waals surface area contributed by atoms with Gasteiger partial charge in [-0.1, -0.05) is 5.17 Å². The Hall–Kier alpha value is -0.720. The summed E-state index contributed by atoms with van der Waals surface area (Å²) in [6.45, 7) is 0.493. The molecule has 0 rings (SSSR count). The smallest absolute Gasteiger partial charge is 0.0714 e. The number of rotatable bonds is 4. The lowest BCUT2D eigenvalue weighted by atomic mass is 10.7. The highest BCUT2D eigenvalue weighted by Gasteiger charge is 2.03. The van der Waals surface area contributed by atoms with Crippen molar-refractivity contribution in [1.29, 1.82) is 0 Å². The lowest BCUT2D eigenvalue weighted by Crippen LogP contribution is -2.36. The van der Waals surface area contributed by atoms with Gasteiger partial charge in [-0.25, -0.2) is 0 Å². The van der Waals surface area contributed by atoms with Gasteiger partial charge in [0.1, 0.15) is 0 Å². The molecule has 0 aromatic heterocycles. The van der Waals surface area contributed by atoms with E-state index in [1.165, 1.54) is 7.05 Å². The fraction of sp³-hybridized carbons (Fsp3) is 1.00. The maximum atomic E-state index is 9.76. The van der Waals surface area contributed by atoms with Crippen LogP contribution in [0.5, 0.6) is 0 Å². The molecule has 0 aliphatic rings. The first-order valence-electron chi connectivity index (χ1n) is 2.45. The van der Waals surface area contributed by atoms with Gasteiger partial charge in [0.2, 0.25) is 0 Å². The second-order valence-corrected chi connectivity index (χ2v) is 1.46. The topological polar surface area (TPSA) is 82.2 Å². The van der Waals surface area contributed by atoms with Crippen molar-refractivity contribution in [1.82, 2.24) is 10.3 Å². The summed E-state index contributed by atoms with van der Waals surface area (Å²) in [7, 11) is 1.29. The monoisotopic (exact) mass is 134 g/mol. The van der Waals surface area contributed by atoms with E-state index < -0.39 is 0 Å². The zero-order chi connectivity index (χ0) is 7.28. The molecule has 6 nitrogen and oxygen atoms in total. The van der Waals surface area contributed by atoms with Crippen LogP contribution in [0.1, 0.15) is 0 Å². The van der Waals surface area contributed by atoms with Crippen LogP contribution < -0.4 is 5.73 Å². The van der Waals surface area contributed by atoms with Crippen molar-refractivity contribution < 1.29 is 5.21 Å². The maximum Gasteiger partial charge on any atom is 0.0714 e. The number of nitrogens with zero attached hydrogens (tertiary/aromatic N) is 3. The number of hydrazine groups is 1. The molecule has 9 heavy (non-hydrogen) atoms. The van der Waals surface area contributed by atoms with E-state index in [9.17, 15) is 4.91 Å². The fourth-order valence-electron chi connectivity index (χ4n) is 0.354. The minimum atomic E-state index is 0.219. The molecule has 54 valence electrons. The first-order chi connectivity index (χ1) is 4.22. The van der Waals surface area contributed by atoms with Gasteiger partial charge < -0.3 is 5.73 Å². The molecule has 0 aromatic rings. The Morgan fingerprint density at radius 3 is 2.44 bits per heavy atom.